The van der Waals surface area contributed by atoms with Gasteiger partial charge in [0.25, 0.3) is 11.5 Å². The molecule has 0 saturated heterocycles. The number of H-pyrrole nitrogens is 1. The van der Waals surface area contributed by atoms with E-state index < -0.39 is 12.0 Å². The zero-order chi connectivity index (χ0) is 24.9. The minimum atomic E-state index is -1.32. The third-order valence-corrected chi connectivity index (χ3v) is 8.48. The van der Waals surface area contributed by atoms with E-state index in [2.05, 4.69) is 17.1 Å². The number of nitrogens with one attached hydrogen (secondary N) is 1. The zero-order valence-electron chi connectivity index (χ0n) is 19.4. The van der Waals surface area contributed by atoms with Crippen LogP contribution < -0.4 is 5.56 Å². The van der Waals surface area contributed by atoms with Crippen molar-refractivity contribution in [3.63, 3.8) is 0 Å². The van der Waals surface area contributed by atoms with Crippen LogP contribution >= 0.6 is 22.9 Å². The monoisotopic (exact) mass is 517 g/mol. The van der Waals surface area contributed by atoms with E-state index in [0.717, 1.165) is 34.5 Å². The number of benzene rings is 2. The third kappa shape index (κ3) is 4.07. The van der Waals surface area contributed by atoms with Gasteiger partial charge in [0, 0.05) is 17.8 Å². The van der Waals surface area contributed by atoms with Crippen molar-refractivity contribution in [2.75, 3.05) is 6.54 Å². The van der Waals surface area contributed by atoms with Crippen LogP contribution in [0.25, 0.3) is 10.4 Å². The van der Waals surface area contributed by atoms with Crippen LogP contribution in [0, 0.1) is 0 Å². The van der Waals surface area contributed by atoms with Gasteiger partial charge < -0.3 is 15.0 Å². The van der Waals surface area contributed by atoms with E-state index in [0.29, 0.717) is 34.3 Å². The first kappa shape index (κ1) is 23.2. The van der Waals surface area contributed by atoms with Crippen LogP contribution in [0.1, 0.15) is 47.2 Å². The second-order valence-electron chi connectivity index (χ2n) is 9.43. The fraction of sp³-hybridized carbons (Fsp3) is 0.250. The van der Waals surface area contributed by atoms with Crippen LogP contribution in [-0.4, -0.2) is 32.4 Å². The van der Waals surface area contributed by atoms with Gasteiger partial charge in [-0.2, -0.15) is 0 Å². The van der Waals surface area contributed by atoms with Gasteiger partial charge in [-0.25, -0.2) is 4.98 Å². The highest BCUT2D eigenvalue weighted by molar-refractivity contribution is 7.19. The lowest BCUT2D eigenvalue weighted by Gasteiger charge is -2.30. The standard InChI is InChI=1S/C28H24ClN3O3S/c29-23-10-9-22(36-23)17-5-4-6-18(15-17)24(33)26(35)32-14-11-21-20(16-32)25(34)31-27(30-21)28(12-13-28)19-7-2-1-3-8-19/h1-10,15,24,33H,11-14,16H2,(H,30,31,34). The van der Waals surface area contributed by atoms with Gasteiger partial charge in [-0.1, -0.05) is 60.1 Å². The van der Waals surface area contributed by atoms with Crippen LogP contribution in [0.3, 0.4) is 0 Å². The molecular formula is C28H24ClN3O3S. The molecule has 182 valence electrons. The Bertz CT molecular complexity index is 1510. The molecule has 0 radical (unpaired) electrons. The normalized spacial score (nSPS) is 16.9. The summed E-state index contributed by atoms with van der Waals surface area (Å²) in [6.45, 7) is 0.531. The van der Waals surface area contributed by atoms with Gasteiger partial charge in [0.1, 0.15) is 5.82 Å². The number of carbonyl (C=O) groups is 1. The molecule has 0 bridgehead atoms. The molecule has 1 amide bonds. The van der Waals surface area contributed by atoms with Gasteiger partial charge >= 0.3 is 0 Å². The Morgan fingerprint density at radius 2 is 1.92 bits per heavy atom. The summed E-state index contributed by atoms with van der Waals surface area (Å²) < 4.78 is 0.678. The summed E-state index contributed by atoms with van der Waals surface area (Å²) in [6, 6.07) is 21.2. The number of nitrogens with zero attached hydrogens (tertiary/aromatic N) is 2. The maximum Gasteiger partial charge on any atom is 0.256 e. The van der Waals surface area contributed by atoms with Crippen molar-refractivity contribution in [2.45, 2.75) is 37.3 Å². The number of aliphatic hydroxyl groups excluding tert-OH is 1. The summed E-state index contributed by atoms with van der Waals surface area (Å²) in [7, 11) is 0. The Morgan fingerprint density at radius 3 is 2.64 bits per heavy atom. The average molecular weight is 518 g/mol. The van der Waals surface area contributed by atoms with E-state index in [1.807, 2.05) is 48.5 Å². The highest BCUT2D eigenvalue weighted by atomic mass is 35.5. The summed E-state index contributed by atoms with van der Waals surface area (Å²) in [6.07, 6.45) is 1.06. The quantitative estimate of drug-likeness (QED) is 0.396. The lowest BCUT2D eigenvalue weighted by molar-refractivity contribution is -0.141. The van der Waals surface area contributed by atoms with Crippen LogP contribution in [0.15, 0.2) is 71.5 Å². The van der Waals surface area contributed by atoms with E-state index >= 15 is 0 Å². The minimum Gasteiger partial charge on any atom is -0.378 e. The molecule has 6 rings (SSSR count). The molecule has 2 aliphatic rings. The fourth-order valence-corrected chi connectivity index (χ4v) is 6.07. The van der Waals surface area contributed by atoms with Gasteiger partial charge in [-0.3, -0.25) is 9.59 Å². The summed E-state index contributed by atoms with van der Waals surface area (Å²) in [5.41, 5.74) is 3.37. The number of aromatic amines is 1. The van der Waals surface area contributed by atoms with Crippen molar-refractivity contribution in [3.05, 3.63) is 110 Å². The number of thiophene rings is 1. The molecule has 36 heavy (non-hydrogen) atoms. The van der Waals surface area contributed by atoms with E-state index in [1.54, 1.807) is 11.0 Å². The molecule has 1 fully saturated rings. The van der Waals surface area contributed by atoms with Gasteiger partial charge in [0.15, 0.2) is 6.10 Å². The van der Waals surface area contributed by atoms with E-state index in [9.17, 15) is 14.7 Å². The maximum atomic E-state index is 13.2. The molecule has 6 nitrogen and oxygen atoms in total. The smallest absolute Gasteiger partial charge is 0.256 e. The summed E-state index contributed by atoms with van der Waals surface area (Å²) in [4.78, 5) is 36.7. The molecule has 8 heteroatoms. The van der Waals surface area contributed by atoms with E-state index in [1.165, 1.54) is 11.3 Å². The van der Waals surface area contributed by atoms with Gasteiger partial charge in [0.2, 0.25) is 0 Å². The van der Waals surface area contributed by atoms with Crippen LogP contribution in [-0.2, 0) is 23.2 Å². The van der Waals surface area contributed by atoms with Crippen LogP contribution in [0.2, 0.25) is 4.34 Å². The maximum absolute atomic E-state index is 13.2. The average Bonchev–Trinajstić information content (AvgIpc) is 3.62. The van der Waals surface area contributed by atoms with Crippen molar-refractivity contribution in [1.82, 2.24) is 14.9 Å². The third-order valence-electron chi connectivity index (χ3n) is 7.20. The van der Waals surface area contributed by atoms with E-state index in [-0.39, 0.29) is 17.5 Å². The Hall–Kier alpha value is -3.26. The lowest BCUT2D eigenvalue weighted by atomic mass is 9.94. The molecule has 2 aromatic carbocycles. The highest BCUT2D eigenvalue weighted by Gasteiger charge is 2.48. The number of halogens is 1. The SMILES string of the molecule is O=C(C(O)c1cccc(-c2ccc(Cl)s2)c1)N1CCc2nc(C3(c4ccccc4)CC3)[nH]c(=O)c2C1. The Balaban J connectivity index is 1.23. The predicted octanol–water partition coefficient (Wildman–Crippen LogP) is 4.85. The molecule has 1 saturated carbocycles. The Kier molecular flexibility index (Phi) is 5.79. The lowest BCUT2D eigenvalue weighted by Crippen LogP contribution is -2.42. The van der Waals surface area contributed by atoms with Crippen molar-refractivity contribution in [1.29, 1.82) is 0 Å². The first-order chi connectivity index (χ1) is 17.4. The second-order valence-corrected chi connectivity index (χ2v) is 11.1. The molecule has 1 unspecified atom stereocenters. The number of hydrogen-bond acceptors (Lipinski definition) is 5. The number of aliphatic hydroxyl groups is 1. The van der Waals surface area contributed by atoms with Crippen LogP contribution in [0.5, 0.6) is 0 Å². The summed E-state index contributed by atoms with van der Waals surface area (Å²) >= 11 is 7.50. The molecule has 0 spiro atoms. The molecule has 4 aromatic rings. The molecule has 1 atom stereocenters. The number of rotatable bonds is 5. The summed E-state index contributed by atoms with van der Waals surface area (Å²) in [5, 5.41) is 10.9. The number of hydrogen-bond donors (Lipinski definition) is 2. The molecular weight excluding hydrogens is 494 g/mol. The fourth-order valence-electron chi connectivity index (χ4n) is 5.03. The molecule has 3 heterocycles. The zero-order valence-corrected chi connectivity index (χ0v) is 21.0. The Labute approximate surface area is 217 Å². The van der Waals surface area contributed by atoms with Gasteiger partial charge in [-0.05, 0) is 47.7 Å². The second kappa shape index (κ2) is 9.00. The number of fused-ring (bicyclic) bond motifs is 1. The largest absolute Gasteiger partial charge is 0.378 e. The van der Waals surface area contributed by atoms with Crippen LogP contribution in [0.4, 0.5) is 0 Å². The molecule has 1 aliphatic heterocycles. The van der Waals surface area contributed by atoms with Crippen molar-refractivity contribution >= 4 is 28.8 Å². The van der Waals surface area contributed by atoms with Crippen molar-refractivity contribution < 1.29 is 9.90 Å². The summed E-state index contributed by atoms with van der Waals surface area (Å²) in [5.74, 6) is 0.288. The number of carbonyl (C=O) groups excluding carboxylic acids is 1. The highest BCUT2D eigenvalue weighted by Crippen LogP contribution is 2.52. The number of amides is 1. The molecule has 2 N–H and O–H groups in total. The molecule has 2 aromatic heterocycles. The van der Waals surface area contributed by atoms with E-state index in [4.69, 9.17) is 16.6 Å². The predicted molar refractivity (Wildman–Crippen MR) is 140 cm³/mol. The van der Waals surface area contributed by atoms with Gasteiger partial charge in [-0.15, -0.1) is 11.3 Å². The molecule has 1 aliphatic carbocycles. The topological polar surface area (TPSA) is 86.3 Å². The minimum absolute atomic E-state index is 0.131. The first-order valence-electron chi connectivity index (χ1n) is 12.0. The van der Waals surface area contributed by atoms with Crippen molar-refractivity contribution in [2.24, 2.45) is 0 Å². The van der Waals surface area contributed by atoms with Crippen molar-refractivity contribution in [3.8, 4) is 10.4 Å². The number of aromatic nitrogens is 2. The van der Waals surface area contributed by atoms with Gasteiger partial charge in [0.05, 0.1) is 27.6 Å². The first-order valence-corrected chi connectivity index (χ1v) is 13.1. The Morgan fingerprint density at radius 1 is 1.11 bits per heavy atom.